The first kappa shape index (κ1) is 14.1. The fourth-order valence-corrected chi connectivity index (χ4v) is 3.46. The summed E-state index contributed by atoms with van der Waals surface area (Å²) in [5.74, 6) is -1.12. The van der Waals surface area contributed by atoms with E-state index in [-0.39, 0.29) is 6.54 Å². The predicted molar refractivity (Wildman–Crippen MR) is 65.5 cm³/mol. The number of halogens is 3. The van der Waals surface area contributed by atoms with Gasteiger partial charge in [-0.2, -0.15) is 13.2 Å². The van der Waals surface area contributed by atoms with Gasteiger partial charge in [-0.25, -0.2) is 0 Å². The standard InChI is InChI=1S/C13H23F3N2/c1-17-11-6-2-3-7-12(11)18-8-4-5-10(9-18)13(14,15)16/h10-12,17H,2-9H2,1H3. The summed E-state index contributed by atoms with van der Waals surface area (Å²) in [5.41, 5.74) is 0. The maximum atomic E-state index is 12.8. The molecule has 0 aromatic rings. The van der Waals surface area contributed by atoms with Crippen LogP contribution in [0.25, 0.3) is 0 Å². The molecular formula is C13H23F3N2. The van der Waals surface area contributed by atoms with Crippen molar-refractivity contribution in [1.29, 1.82) is 0 Å². The second-order valence-electron chi connectivity index (χ2n) is 5.62. The van der Waals surface area contributed by atoms with Crippen LogP contribution in [0, 0.1) is 5.92 Å². The van der Waals surface area contributed by atoms with Crippen LogP contribution >= 0.6 is 0 Å². The van der Waals surface area contributed by atoms with Gasteiger partial charge in [-0.05, 0) is 39.3 Å². The Balaban J connectivity index is 1.99. The van der Waals surface area contributed by atoms with Crippen molar-refractivity contribution in [2.45, 2.75) is 56.8 Å². The number of hydrogen-bond acceptors (Lipinski definition) is 2. The van der Waals surface area contributed by atoms with E-state index in [1.165, 1.54) is 6.42 Å². The van der Waals surface area contributed by atoms with Gasteiger partial charge < -0.3 is 5.32 Å². The molecule has 2 fully saturated rings. The molecule has 0 spiro atoms. The first-order chi connectivity index (χ1) is 8.52. The zero-order valence-corrected chi connectivity index (χ0v) is 11.0. The molecule has 0 aromatic carbocycles. The molecule has 1 saturated heterocycles. The lowest BCUT2D eigenvalue weighted by atomic mass is 9.86. The van der Waals surface area contributed by atoms with Crippen molar-refractivity contribution in [3.63, 3.8) is 0 Å². The Bertz CT molecular complexity index is 267. The van der Waals surface area contributed by atoms with E-state index in [0.29, 0.717) is 24.9 Å². The van der Waals surface area contributed by atoms with Gasteiger partial charge in [0.15, 0.2) is 0 Å². The molecule has 5 heteroatoms. The second kappa shape index (κ2) is 5.78. The topological polar surface area (TPSA) is 15.3 Å². The average Bonchev–Trinajstić information content (AvgIpc) is 2.38. The fourth-order valence-electron chi connectivity index (χ4n) is 3.46. The summed E-state index contributed by atoms with van der Waals surface area (Å²) < 4.78 is 38.5. The van der Waals surface area contributed by atoms with Crippen molar-refractivity contribution in [3.05, 3.63) is 0 Å². The third-order valence-electron chi connectivity index (χ3n) is 4.49. The van der Waals surface area contributed by atoms with Gasteiger partial charge in [0.05, 0.1) is 5.92 Å². The van der Waals surface area contributed by atoms with Crippen molar-refractivity contribution in [1.82, 2.24) is 10.2 Å². The van der Waals surface area contributed by atoms with Gasteiger partial charge in [-0.3, -0.25) is 4.90 Å². The Labute approximate surface area is 107 Å². The SMILES string of the molecule is CNC1CCCCC1N1CCCC(C(F)(F)F)C1. The maximum absolute atomic E-state index is 12.8. The summed E-state index contributed by atoms with van der Waals surface area (Å²) >= 11 is 0. The van der Waals surface area contributed by atoms with Crippen LogP contribution in [0.15, 0.2) is 0 Å². The van der Waals surface area contributed by atoms with E-state index in [0.717, 1.165) is 25.8 Å². The second-order valence-corrected chi connectivity index (χ2v) is 5.62. The number of nitrogens with zero attached hydrogens (tertiary/aromatic N) is 1. The van der Waals surface area contributed by atoms with Crippen LogP contribution in [0.5, 0.6) is 0 Å². The first-order valence-corrected chi connectivity index (χ1v) is 7.00. The summed E-state index contributed by atoms with van der Waals surface area (Å²) in [6.07, 6.45) is 1.43. The molecule has 0 aromatic heterocycles. The molecule has 0 bridgehead atoms. The summed E-state index contributed by atoms with van der Waals surface area (Å²) in [7, 11) is 1.92. The highest BCUT2D eigenvalue weighted by Gasteiger charge is 2.43. The molecule has 1 heterocycles. The largest absolute Gasteiger partial charge is 0.393 e. The molecule has 1 N–H and O–H groups in total. The van der Waals surface area contributed by atoms with Gasteiger partial charge in [-0.1, -0.05) is 12.8 Å². The highest BCUT2D eigenvalue weighted by molar-refractivity contribution is 4.90. The van der Waals surface area contributed by atoms with Gasteiger partial charge in [-0.15, -0.1) is 0 Å². The van der Waals surface area contributed by atoms with E-state index in [1.807, 2.05) is 7.05 Å². The fraction of sp³-hybridized carbons (Fsp3) is 1.00. The minimum absolute atomic E-state index is 0.201. The Hall–Kier alpha value is -0.290. The minimum Gasteiger partial charge on any atom is -0.315 e. The van der Waals surface area contributed by atoms with Crippen molar-refractivity contribution in [2.24, 2.45) is 5.92 Å². The van der Waals surface area contributed by atoms with Crippen molar-refractivity contribution in [2.75, 3.05) is 20.1 Å². The predicted octanol–water partition coefficient (Wildman–Crippen LogP) is 2.79. The molecule has 0 radical (unpaired) electrons. The molecule has 3 unspecified atom stereocenters. The Kier molecular flexibility index (Phi) is 4.54. The lowest BCUT2D eigenvalue weighted by Crippen LogP contribution is -2.55. The summed E-state index contributed by atoms with van der Waals surface area (Å²) in [4.78, 5) is 2.09. The molecule has 0 amide bonds. The monoisotopic (exact) mass is 264 g/mol. The van der Waals surface area contributed by atoms with Gasteiger partial charge in [0.25, 0.3) is 0 Å². The van der Waals surface area contributed by atoms with Crippen LogP contribution in [-0.2, 0) is 0 Å². The molecule has 2 aliphatic rings. The van der Waals surface area contributed by atoms with E-state index >= 15 is 0 Å². The third-order valence-corrected chi connectivity index (χ3v) is 4.49. The van der Waals surface area contributed by atoms with Crippen LogP contribution in [0.2, 0.25) is 0 Å². The van der Waals surface area contributed by atoms with Gasteiger partial charge >= 0.3 is 6.18 Å². The first-order valence-electron chi connectivity index (χ1n) is 7.00. The van der Waals surface area contributed by atoms with E-state index in [1.54, 1.807) is 0 Å². The molecule has 2 rings (SSSR count). The Morgan fingerprint density at radius 2 is 1.78 bits per heavy atom. The molecule has 1 aliphatic carbocycles. The number of nitrogens with one attached hydrogen (secondary N) is 1. The number of likely N-dealkylation sites (tertiary alicyclic amines) is 1. The number of alkyl halides is 3. The summed E-state index contributed by atoms with van der Waals surface area (Å²) in [5, 5.41) is 3.28. The molecular weight excluding hydrogens is 241 g/mol. The minimum atomic E-state index is -4.03. The number of likely N-dealkylation sites (N-methyl/N-ethyl adjacent to an activating group) is 1. The Morgan fingerprint density at radius 1 is 1.06 bits per heavy atom. The van der Waals surface area contributed by atoms with Crippen molar-refractivity contribution < 1.29 is 13.2 Å². The van der Waals surface area contributed by atoms with Gasteiger partial charge in [0, 0.05) is 18.6 Å². The number of rotatable bonds is 2. The van der Waals surface area contributed by atoms with Crippen LogP contribution in [0.3, 0.4) is 0 Å². The maximum Gasteiger partial charge on any atom is 0.393 e. The van der Waals surface area contributed by atoms with Crippen molar-refractivity contribution >= 4 is 0 Å². The molecule has 1 saturated carbocycles. The molecule has 2 nitrogen and oxygen atoms in total. The quantitative estimate of drug-likeness (QED) is 0.825. The Morgan fingerprint density at radius 3 is 2.44 bits per heavy atom. The average molecular weight is 264 g/mol. The molecule has 18 heavy (non-hydrogen) atoms. The molecule has 1 aliphatic heterocycles. The highest BCUT2D eigenvalue weighted by Crippen LogP contribution is 2.35. The van der Waals surface area contributed by atoms with Gasteiger partial charge in [0.1, 0.15) is 0 Å². The smallest absolute Gasteiger partial charge is 0.315 e. The normalized spacial score (nSPS) is 35.7. The highest BCUT2D eigenvalue weighted by atomic mass is 19.4. The lowest BCUT2D eigenvalue weighted by molar-refractivity contribution is -0.189. The number of piperidine rings is 1. The van der Waals surface area contributed by atoms with Crippen LogP contribution in [-0.4, -0.2) is 43.3 Å². The van der Waals surface area contributed by atoms with E-state index < -0.39 is 12.1 Å². The molecule has 106 valence electrons. The summed E-state index contributed by atoms with van der Waals surface area (Å²) in [6.45, 7) is 1.03. The van der Waals surface area contributed by atoms with Crippen molar-refractivity contribution in [3.8, 4) is 0 Å². The third kappa shape index (κ3) is 3.18. The van der Waals surface area contributed by atoms with Crippen LogP contribution < -0.4 is 5.32 Å². The van der Waals surface area contributed by atoms with Crippen LogP contribution in [0.1, 0.15) is 38.5 Å². The number of hydrogen-bond donors (Lipinski definition) is 1. The summed E-state index contributed by atoms with van der Waals surface area (Å²) in [6, 6.07) is 0.666. The zero-order chi connectivity index (χ0) is 13.2. The lowest BCUT2D eigenvalue weighted by Gasteiger charge is -2.44. The van der Waals surface area contributed by atoms with Gasteiger partial charge in [0.2, 0.25) is 0 Å². The van der Waals surface area contributed by atoms with Crippen LogP contribution in [0.4, 0.5) is 13.2 Å². The molecule has 3 atom stereocenters. The van der Waals surface area contributed by atoms with E-state index in [4.69, 9.17) is 0 Å². The van der Waals surface area contributed by atoms with E-state index in [9.17, 15) is 13.2 Å². The van der Waals surface area contributed by atoms with E-state index in [2.05, 4.69) is 10.2 Å². The zero-order valence-electron chi connectivity index (χ0n) is 11.0.